The van der Waals surface area contributed by atoms with Gasteiger partial charge in [-0.3, -0.25) is 4.39 Å². The third kappa shape index (κ3) is 6.47. The van der Waals surface area contributed by atoms with Crippen LogP contribution in [0, 0.1) is 23.1 Å². The van der Waals surface area contributed by atoms with E-state index in [-0.39, 0.29) is 34.4 Å². The molecule has 0 aromatic heterocycles. The molecule has 1 amide bonds. The number of nitrogens with zero attached hydrogens (tertiary/aromatic N) is 3. The molecule has 262 valence electrons. The van der Waals surface area contributed by atoms with E-state index < -0.39 is 28.0 Å². The maximum Gasteiger partial charge on any atom is 0.407 e. The molecule has 0 unspecified atom stereocenters. The molecule has 48 heavy (non-hydrogen) atoms. The highest BCUT2D eigenvalue weighted by molar-refractivity contribution is 7.92. The van der Waals surface area contributed by atoms with E-state index in [0.29, 0.717) is 24.5 Å². The number of hydrogen-bond donors (Lipinski definition) is 1. The average Bonchev–Trinajstić information content (AvgIpc) is 3.83. The van der Waals surface area contributed by atoms with Crippen molar-refractivity contribution in [2.45, 2.75) is 73.0 Å². The first-order valence-corrected chi connectivity index (χ1v) is 19.4. The third-order valence-corrected chi connectivity index (χ3v) is 14.4. The van der Waals surface area contributed by atoms with Crippen molar-refractivity contribution in [3.8, 4) is 0 Å². The molecule has 0 spiro atoms. The molecular weight excluding hydrogens is 634 g/mol. The molecular formula is C37H50F2N4O4S. The van der Waals surface area contributed by atoms with E-state index in [1.54, 1.807) is 18.2 Å². The van der Waals surface area contributed by atoms with E-state index in [0.717, 1.165) is 95.3 Å². The molecule has 5 aliphatic rings. The van der Waals surface area contributed by atoms with Crippen LogP contribution in [0.4, 0.5) is 19.3 Å². The summed E-state index contributed by atoms with van der Waals surface area (Å²) in [5, 5.41) is 2.92. The lowest BCUT2D eigenvalue weighted by molar-refractivity contribution is 0.0100. The molecule has 8 nitrogen and oxygen atoms in total. The van der Waals surface area contributed by atoms with Crippen molar-refractivity contribution in [1.82, 2.24) is 15.1 Å². The van der Waals surface area contributed by atoms with Crippen LogP contribution in [0.25, 0.3) is 0 Å². The molecule has 3 heterocycles. The number of ether oxygens (including phenoxy) is 1. The molecule has 3 aliphatic heterocycles. The SMILES string of the molecule is COC(=O)N[C@H]1CCC[C@@H]1[C@](CN1CCC1)(c1cccc(F)c1)C1CCN(CC2(CF)CN(c3ccc(S(=O)(=O)C4CC4)cc3)C2)CC1. The summed E-state index contributed by atoms with van der Waals surface area (Å²) < 4.78 is 60.0. The van der Waals surface area contributed by atoms with Crippen molar-refractivity contribution in [2.24, 2.45) is 17.3 Å². The Labute approximate surface area is 284 Å². The number of carbonyl (C=O) groups excluding carboxylic acids is 1. The van der Waals surface area contributed by atoms with Gasteiger partial charge in [-0.2, -0.15) is 0 Å². The number of carbonyl (C=O) groups is 1. The number of hydrogen-bond acceptors (Lipinski definition) is 7. The van der Waals surface area contributed by atoms with Gasteiger partial charge in [-0.15, -0.1) is 0 Å². The lowest BCUT2D eigenvalue weighted by Crippen LogP contribution is -2.63. The normalized spacial score (nSPS) is 26.4. The van der Waals surface area contributed by atoms with Gasteiger partial charge >= 0.3 is 6.09 Å². The largest absolute Gasteiger partial charge is 0.453 e. The molecule has 3 saturated heterocycles. The van der Waals surface area contributed by atoms with Crippen LogP contribution in [0.1, 0.15) is 56.9 Å². The third-order valence-electron chi connectivity index (χ3n) is 12.2. The molecule has 5 fully saturated rings. The molecule has 2 saturated carbocycles. The van der Waals surface area contributed by atoms with Crippen LogP contribution in [0.15, 0.2) is 53.4 Å². The second-order valence-electron chi connectivity index (χ2n) is 15.2. The van der Waals surface area contributed by atoms with E-state index in [1.807, 2.05) is 18.2 Å². The highest BCUT2D eigenvalue weighted by atomic mass is 32.2. The van der Waals surface area contributed by atoms with Crippen molar-refractivity contribution in [3.63, 3.8) is 0 Å². The highest BCUT2D eigenvalue weighted by Crippen LogP contribution is 2.52. The summed E-state index contributed by atoms with van der Waals surface area (Å²) in [7, 11) is -1.83. The van der Waals surface area contributed by atoms with Crippen LogP contribution in [0.5, 0.6) is 0 Å². The van der Waals surface area contributed by atoms with Gasteiger partial charge in [0, 0.05) is 48.7 Å². The molecule has 3 atom stereocenters. The molecule has 0 radical (unpaired) electrons. The van der Waals surface area contributed by atoms with Crippen LogP contribution < -0.4 is 10.2 Å². The minimum absolute atomic E-state index is 0.0429. The zero-order chi connectivity index (χ0) is 33.5. The molecule has 0 bridgehead atoms. The summed E-state index contributed by atoms with van der Waals surface area (Å²) in [6.07, 6.45) is 6.93. The van der Waals surface area contributed by atoms with Gasteiger partial charge in [-0.1, -0.05) is 18.6 Å². The van der Waals surface area contributed by atoms with Crippen molar-refractivity contribution in [1.29, 1.82) is 0 Å². The molecule has 11 heteroatoms. The van der Waals surface area contributed by atoms with Crippen LogP contribution >= 0.6 is 0 Å². The van der Waals surface area contributed by atoms with Gasteiger partial charge in [0.25, 0.3) is 0 Å². The Morgan fingerprint density at radius 2 is 1.69 bits per heavy atom. The number of alkyl halides is 1. The average molecular weight is 685 g/mol. The van der Waals surface area contributed by atoms with Gasteiger partial charge in [0.15, 0.2) is 9.84 Å². The summed E-state index contributed by atoms with van der Waals surface area (Å²) >= 11 is 0. The van der Waals surface area contributed by atoms with Crippen molar-refractivity contribution < 1.29 is 26.7 Å². The maximum absolute atomic E-state index is 15.0. The number of nitrogens with one attached hydrogen (secondary N) is 1. The Balaban J connectivity index is 1.06. The fourth-order valence-corrected chi connectivity index (χ4v) is 11.1. The standard InChI is InChI=1S/C37H50F2N4O4S/c1-47-35(44)40-34-8-3-7-33(34)37(26-41-17-4-18-41,28-5-2-6-29(39)21-28)27-15-19-42(20-16-27)23-36(22-38)24-43(25-36)30-9-11-31(12-10-30)48(45,46)32-13-14-32/h2,5-6,9-12,21,27,32-34H,3-4,7-8,13-20,22-26H2,1H3,(H,40,44)/t33-,34-,37-/m0/s1. The van der Waals surface area contributed by atoms with Gasteiger partial charge in [-0.25, -0.2) is 17.6 Å². The predicted molar refractivity (Wildman–Crippen MR) is 182 cm³/mol. The maximum atomic E-state index is 15.0. The Morgan fingerprint density at radius 1 is 0.958 bits per heavy atom. The number of rotatable bonds is 12. The summed E-state index contributed by atoms with van der Waals surface area (Å²) in [6, 6.07) is 14.2. The Morgan fingerprint density at radius 3 is 2.29 bits per heavy atom. The zero-order valence-corrected chi connectivity index (χ0v) is 28.9. The number of piperidine rings is 1. The second-order valence-corrected chi connectivity index (χ2v) is 17.5. The van der Waals surface area contributed by atoms with E-state index in [4.69, 9.17) is 4.74 Å². The summed E-state index contributed by atoms with van der Waals surface area (Å²) in [5.41, 5.74) is 1.18. The minimum atomic E-state index is -3.23. The zero-order valence-electron chi connectivity index (χ0n) is 28.1. The molecule has 2 aromatic rings. The Kier molecular flexibility index (Phi) is 9.49. The number of likely N-dealkylation sites (tertiary alicyclic amines) is 2. The van der Waals surface area contributed by atoms with Gasteiger partial charge in [0.05, 0.1) is 23.9 Å². The predicted octanol–water partition coefficient (Wildman–Crippen LogP) is 5.42. The van der Waals surface area contributed by atoms with Gasteiger partial charge in [0.1, 0.15) is 5.82 Å². The number of amides is 1. The van der Waals surface area contributed by atoms with Crippen LogP contribution in [0.3, 0.4) is 0 Å². The smallest absolute Gasteiger partial charge is 0.407 e. The first-order valence-electron chi connectivity index (χ1n) is 17.9. The lowest BCUT2D eigenvalue weighted by Gasteiger charge is -2.55. The molecule has 2 aromatic carbocycles. The number of anilines is 1. The van der Waals surface area contributed by atoms with Crippen molar-refractivity contribution >= 4 is 21.6 Å². The molecule has 1 N–H and O–H groups in total. The van der Waals surface area contributed by atoms with Crippen LogP contribution in [0.2, 0.25) is 0 Å². The van der Waals surface area contributed by atoms with Gasteiger partial charge in [-0.05, 0) is 125 Å². The van der Waals surface area contributed by atoms with Crippen molar-refractivity contribution in [2.75, 3.05) is 71.0 Å². The minimum Gasteiger partial charge on any atom is -0.453 e. The highest BCUT2D eigenvalue weighted by Gasteiger charge is 2.54. The Hall–Kier alpha value is -2.76. The monoisotopic (exact) mass is 684 g/mol. The van der Waals surface area contributed by atoms with Crippen LogP contribution in [-0.2, 0) is 20.0 Å². The fourth-order valence-electron chi connectivity index (χ4n) is 9.41. The first-order chi connectivity index (χ1) is 23.2. The molecule has 2 aliphatic carbocycles. The van der Waals surface area contributed by atoms with E-state index >= 15 is 0 Å². The first kappa shape index (κ1) is 33.7. The number of methoxy groups -OCH3 is 1. The van der Waals surface area contributed by atoms with E-state index in [2.05, 4.69) is 26.1 Å². The number of benzene rings is 2. The fraction of sp³-hybridized carbons (Fsp3) is 0.649. The van der Waals surface area contributed by atoms with Crippen LogP contribution in [-0.4, -0.2) is 102 Å². The van der Waals surface area contributed by atoms with E-state index in [1.165, 1.54) is 13.2 Å². The topological polar surface area (TPSA) is 82.2 Å². The van der Waals surface area contributed by atoms with Gasteiger partial charge in [0.2, 0.25) is 0 Å². The van der Waals surface area contributed by atoms with Crippen molar-refractivity contribution in [3.05, 3.63) is 59.9 Å². The number of sulfone groups is 1. The molecule has 7 rings (SSSR count). The second kappa shape index (κ2) is 13.5. The van der Waals surface area contributed by atoms with Gasteiger partial charge < -0.3 is 24.8 Å². The quantitative estimate of drug-likeness (QED) is 0.320. The van der Waals surface area contributed by atoms with E-state index in [9.17, 15) is 22.0 Å². The number of alkyl carbamates (subject to hydrolysis) is 1. The summed E-state index contributed by atoms with van der Waals surface area (Å²) in [6.45, 7) is 6.08. The lowest BCUT2D eigenvalue weighted by atomic mass is 9.57. The number of halogens is 2. The summed E-state index contributed by atoms with van der Waals surface area (Å²) in [4.78, 5) is 19.9. The Bertz CT molecular complexity index is 1550. The summed E-state index contributed by atoms with van der Waals surface area (Å²) in [5.74, 6) is 0.205.